The van der Waals surface area contributed by atoms with Crippen LogP contribution in [0, 0.1) is 11.6 Å². The number of amides is 2. The summed E-state index contributed by atoms with van der Waals surface area (Å²) in [6, 6.07) is 12.8. The van der Waals surface area contributed by atoms with E-state index in [0.29, 0.717) is 51.1 Å². The molecule has 0 radical (unpaired) electrons. The van der Waals surface area contributed by atoms with E-state index in [9.17, 15) is 18.4 Å². The number of rotatable bonds is 3. The van der Waals surface area contributed by atoms with Crippen molar-refractivity contribution in [1.29, 1.82) is 0 Å². The van der Waals surface area contributed by atoms with Crippen LogP contribution in [-0.4, -0.2) is 48.6 Å². The Kier molecular flexibility index (Phi) is 6.15. The maximum Gasteiger partial charge on any atom is 0.233 e. The summed E-state index contributed by atoms with van der Waals surface area (Å²) in [5, 5.41) is 3.24. The molecule has 3 aliphatic rings. The molecule has 34 heavy (non-hydrogen) atoms. The summed E-state index contributed by atoms with van der Waals surface area (Å²) >= 11 is 0. The van der Waals surface area contributed by atoms with E-state index in [1.165, 1.54) is 18.2 Å². The molecule has 3 heterocycles. The second kappa shape index (κ2) is 9.10. The Bertz CT molecular complexity index is 1070. The van der Waals surface area contributed by atoms with Crippen LogP contribution < -0.4 is 5.32 Å². The Morgan fingerprint density at radius 2 is 1.74 bits per heavy atom. The molecule has 3 aliphatic heterocycles. The molecular formula is C27H30F2N2O3. The quantitative estimate of drug-likeness (QED) is 0.739. The van der Waals surface area contributed by atoms with Crippen molar-refractivity contribution in [2.75, 3.05) is 26.3 Å². The molecule has 0 aliphatic carbocycles. The molecule has 0 saturated carbocycles. The van der Waals surface area contributed by atoms with E-state index < -0.39 is 11.0 Å². The fourth-order valence-electron chi connectivity index (χ4n) is 6.16. The van der Waals surface area contributed by atoms with Gasteiger partial charge in [0.05, 0.1) is 11.0 Å². The molecule has 5 nitrogen and oxygen atoms in total. The van der Waals surface area contributed by atoms with E-state index in [2.05, 4.69) is 5.32 Å². The number of carbonyl (C=O) groups excluding carboxylic acids is 2. The van der Waals surface area contributed by atoms with Crippen molar-refractivity contribution in [3.8, 4) is 0 Å². The number of ether oxygens (including phenoxy) is 1. The monoisotopic (exact) mass is 468 g/mol. The van der Waals surface area contributed by atoms with Gasteiger partial charge in [0.1, 0.15) is 11.6 Å². The molecule has 0 unspecified atom stereocenters. The van der Waals surface area contributed by atoms with Gasteiger partial charge in [-0.05, 0) is 49.4 Å². The number of benzene rings is 2. The second-order valence-electron chi connectivity index (χ2n) is 9.88. The van der Waals surface area contributed by atoms with Crippen molar-refractivity contribution < 1.29 is 23.1 Å². The van der Waals surface area contributed by atoms with Gasteiger partial charge >= 0.3 is 0 Å². The predicted molar refractivity (Wildman–Crippen MR) is 123 cm³/mol. The van der Waals surface area contributed by atoms with E-state index in [1.807, 2.05) is 0 Å². The summed E-state index contributed by atoms with van der Waals surface area (Å²) in [4.78, 5) is 28.7. The van der Waals surface area contributed by atoms with Gasteiger partial charge in [-0.1, -0.05) is 36.8 Å². The van der Waals surface area contributed by atoms with E-state index in [-0.39, 0.29) is 29.4 Å². The maximum atomic E-state index is 15.0. The third-order valence-corrected chi connectivity index (χ3v) is 7.91. The number of carbonyl (C=O) groups is 2. The van der Waals surface area contributed by atoms with Crippen molar-refractivity contribution in [2.45, 2.75) is 55.4 Å². The highest BCUT2D eigenvalue weighted by Crippen LogP contribution is 2.45. The predicted octanol–water partition coefficient (Wildman–Crippen LogP) is 4.07. The number of nitrogens with zero attached hydrogens (tertiary/aromatic N) is 1. The van der Waals surface area contributed by atoms with E-state index >= 15 is 0 Å². The van der Waals surface area contributed by atoms with Crippen LogP contribution >= 0.6 is 0 Å². The number of likely N-dealkylation sites (tertiary alicyclic amines) is 1. The zero-order chi connectivity index (χ0) is 23.8. The molecule has 2 aromatic rings. The third kappa shape index (κ3) is 4.00. The van der Waals surface area contributed by atoms with E-state index in [0.717, 1.165) is 24.8 Å². The Morgan fingerprint density at radius 3 is 2.47 bits per heavy atom. The highest BCUT2D eigenvalue weighted by atomic mass is 19.1. The first-order chi connectivity index (χ1) is 16.4. The molecule has 3 saturated heterocycles. The number of hydrogen-bond acceptors (Lipinski definition) is 3. The number of halogens is 2. The van der Waals surface area contributed by atoms with Gasteiger partial charge in [-0.25, -0.2) is 8.78 Å². The standard InChI is InChI=1S/C27H30F2N2O3/c28-20-10-8-19(9-11-20)22-17-31(18-27(22)12-4-3-7-24(32)30-27)25(33)26(13-15-34-16-14-26)21-5-1-2-6-23(21)29/h1-2,5-6,8-11,22H,3-4,7,12-18H2,(H,30,32)/t22-,27+/m0/s1. The van der Waals surface area contributed by atoms with Crippen molar-refractivity contribution in [2.24, 2.45) is 0 Å². The summed E-state index contributed by atoms with van der Waals surface area (Å²) in [6.45, 7) is 1.52. The molecule has 2 atom stereocenters. The highest BCUT2D eigenvalue weighted by molar-refractivity contribution is 5.89. The number of hydrogen-bond donors (Lipinski definition) is 1. The molecule has 180 valence electrons. The van der Waals surface area contributed by atoms with Crippen LogP contribution in [0.25, 0.3) is 0 Å². The van der Waals surface area contributed by atoms with Crippen molar-refractivity contribution in [3.05, 3.63) is 71.3 Å². The van der Waals surface area contributed by atoms with Gasteiger partial charge in [-0.15, -0.1) is 0 Å². The molecule has 3 fully saturated rings. The molecule has 1 spiro atoms. The van der Waals surface area contributed by atoms with Gasteiger partial charge in [0.25, 0.3) is 0 Å². The zero-order valence-electron chi connectivity index (χ0n) is 19.2. The first-order valence-electron chi connectivity index (χ1n) is 12.1. The minimum atomic E-state index is -1.00. The van der Waals surface area contributed by atoms with Crippen LogP contribution in [-0.2, 0) is 19.7 Å². The molecule has 1 N–H and O–H groups in total. The van der Waals surface area contributed by atoms with Gasteiger partial charge < -0.3 is 15.0 Å². The summed E-state index contributed by atoms with van der Waals surface area (Å²) < 4.78 is 34.2. The Balaban J connectivity index is 1.54. The van der Waals surface area contributed by atoms with Crippen LogP contribution in [0.5, 0.6) is 0 Å². The van der Waals surface area contributed by atoms with Gasteiger partial charge in [-0.3, -0.25) is 9.59 Å². The number of nitrogens with one attached hydrogen (secondary N) is 1. The van der Waals surface area contributed by atoms with Crippen molar-refractivity contribution in [3.63, 3.8) is 0 Å². The Labute approximate surface area is 198 Å². The van der Waals surface area contributed by atoms with E-state index in [4.69, 9.17) is 4.74 Å². The highest BCUT2D eigenvalue weighted by Gasteiger charge is 2.54. The Hall–Kier alpha value is -2.80. The lowest BCUT2D eigenvalue weighted by molar-refractivity contribution is -0.141. The average Bonchev–Trinajstić information content (AvgIpc) is 3.10. The van der Waals surface area contributed by atoms with Crippen LogP contribution in [0.3, 0.4) is 0 Å². The van der Waals surface area contributed by atoms with Gasteiger partial charge in [0.2, 0.25) is 11.8 Å². The fraction of sp³-hybridized carbons (Fsp3) is 0.481. The fourth-order valence-corrected chi connectivity index (χ4v) is 6.16. The normalized spacial score (nSPS) is 26.8. The summed E-state index contributed by atoms with van der Waals surface area (Å²) in [5.74, 6) is -1.02. The smallest absolute Gasteiger partial charge is 0.233 e. The maximum absolute atomic E-state index is 15.0. The lowest BCUT2D eigenvalue weighted by Gasteiger charge is -2.39. The summed E-state index contributed by atoms with van der Waals surface area (Å²) in [5.41, 5.74) is -0.321. The van der Waals surface area contributed by atoms with Crippen molar-refractivity contribution in [1.82, 2.24) is 10.2 Å². The topological polar surface area (TPSA) is 58.6 Å². The molecule has 2 amide bonds. The van der Waals surface area contributed by atoms with Crippen LogP contribution in [0.2, 0.25) is 0 Å². The lowest BCUT2D eigenvalue weighted by atomic mass is 9.72. The van der Waals surface area contributed by atoms with E-state index in [1.54, 1.807) is 35.2 Å². The zero-order valence-corrected chi connectivity index (χ0v) is 19.2. The second-order valence-corrected chi connectivity index (χ2v) is 9.88. The van der Waals surface area contributed by atoms with Crippen LogP contribution in [0.4, 0.5) is 8.78 Å². The van der Waals surface area contributed by atoms with Gasteiger partial charge in [-0.2, -0.15) is 0 Å². The van der Waals surface area contributed by atoms with Crippen LogP contribution in [0.15, 0.2) is 48.5 Å². The van der Waals surface area contributed by atoms with Gasteiger partial charge in [0.15, 0.2) is 0 Å². The molecule has 2 aromatic carbocycles. The van der Waals surface area contributed by atoms with Crippen LogP contribution in [0.1, 0.15) is 55.6 Å². The summed E-state index contributed by atoms with van der Waals surface area (Å²) in [6.07, 6.45) is 3.68. The third-order valence-electron chi connectivity index (χ3n) is 7.91. The SMILES string of the molecule is O=C1CCCC[C@]2(CN(C(=O)C3(c4ccccc4F)CCOCC3)C[C@H]2c2ccc(F)cc2)N1. The van der Waals surface area contributed by atoms with Crippen molar-refractivity contribution >= 4 is 11.8 Å². The molecule has 0 aromatic heterocycles. The minimum Gasteiger partial charge on any atom is -0.381 e. The lowest BCUT2D eigenvalue weighted by Crippen LogP contribution is -2.54. The summed E-state index contributed by atoms with van der Waals surface area (Å²) in [7, 11) is 0. The first-order valence-corrected chi connectivity index (χ1v) is 12.1. The molecule has 5 rings (SSSR count). The minimum absolute atomic E-state index is 0.0196. The Morgan fingerprint density at radius 1 is 1.00 bits per heavy atom. The molecule has 0 bridgehead atoms. The van der Waals surface area contributed by atoms with Gasteiger partial charge in [0, 0.05) is 44.2 Å². The molecular weight excluding hydrogens is 438 g/mol. The average molecular weight is 469 g/mol. The molecule has 7 heteroatoms. The first kappa shape index (κ1) is 23.0. The largest absolute Gasteiger partial charge is 0.381 e.